The fourth-order valence-corrected chi connectivity index (χ4v) is 3.33. The summed E-state index contributed by atoms with van der Waals surface area (Å²) in [5, 5.41) is 3.03. The fourth-order valence-electron chi connectivity index (χ4n) is 3.33. The van der Waals surface area contributed by atoms with Gasteiger partial charge in [0.2, 0.25) is 6.79 Å². The average molecular weight is 341 g/mol. The third kappa shape index (κ3) is 3.45. The van der Waals surface area contributed by atoms with Crippen molar-refractivity contribution in [3.63, 3.8) is 0 Å². The fraction of sp³-hybridized carbons (Fsp3) is 0.316. The molecule has 0 radical (unpaired) electrons. The average Bonchev–Trinajstić information content (AvgIpc) is 3.11. The van der Waals surface area contributed by atoms with Crippen LogP contribution in [0.4, 0.5) is 5.69 Å². The van der Waals surface area contributed by atoms with Crippen LogP contribution < -0.4 is 19.7 Å². The molecule has 1 amide bonds. The van der Waals surface area contributed by atoms with E-state index in [2.05, 4.69) is 5.32 Å². The molecule has 2 aromatic rings. The van der Waals surface area contributed by atoms with E-state index in [0.29, 0.717) is 30.4 Å². The van der Waals surface area contributed by atoms with Crippen LogP contribution in [0.25, 0.3) is 0 Å². The van der Waals surface area contributed by atoms with E-state index in [0.717, 1.165) is 18.7 Å². The first kappa shape index (κ1) is 15.9. The van der Waals surface area contributed by atoms with Crippen molar-refractivity contribution in [2.75, 3.05) is 38.4 Å². The standard InChI is InChI=1S/C19H20N2O4/c22-19(20-15-6-7-16-17(12-15)25-13-24-16)18(14-4-2-1-3-5-14)21-8-10-23-11-9-21/h1-7,12,18H,8-11,13H2,(H,20,22)/p+1. The van der Waals surface area contributed by atoms with Crippen LogP contribution in [0.2, 0.25) is 0 Å². The number of hydrogen-bond acceptors (Lipinski definition) is 4. The van der Waals surface area contributed by atoms with Gasteiger partial charge in [-0.2, -0.15) is 0 Å². The summed E-state index contributed by atoms with van der Waals surface area (Å²) < 4.78 is 16.2. The summed E-state index contributed by atoms with van der Waals surface area (Å²) in [4.78, 5) is 14.3. The molecule has 0 spiro atoms. The van der Waals surface area contributed by atoms with Gasteiger partial charge in [0.1, 0.15) is 13.1 Å². The number of carbonyl (C=O) groups is 1. The third-order valence-electron chi connectivity index (χ3n) is 4.58. The van der Waals surface area contributed by atoms with Gasteiger partial charge in [0.15, 0.2) is 17.5 Å². The highest BCUT2D eigenvalue weighted by molar-refractivity contribution is 5.95. The van der Waals surface area contributed by atoms with Gasteiger partial charge in [-0.05, 0) is 12.1 Å². The van der Waals surface area contributed by atoms with Crippen LogP contribution in [-0.4, -0.2) is 39.0 Å². The number of ether oxygens (including phenoxy) is 3. The van der Waals surface area contributed by atoms with Gasteiger partial charge < -0.3 is 24.4 Å². The van der Waals surface area contributed by atoms with Crippen molar-refractivity contribution in [1.82, 2.24) is 0 Å². The molecule has 0 bridgehead atoms. The minimum atomic E-state index is -0.268. The van der Waals surface area contributed by atoms with Gasteiger partial charge in [-0.3, -0.25) is 4.79 Å². The molecular weight excluding hydrogens is 320 g/mol. The van der Waals surface area contributed by atoms with E-state index in [4.69, 9.17) is 14.2 Å². The third-order valence-corrected chi connectivity index (χ3v) is 4.58. The zero-order valence-electron chi connectivity index (χ0n) is 13.9. The molecule has 0 saturated carbocycles. The topological polar surface area (TPSA) is 61.2 Å². The highest BCUT2D eigenvalue weighted by atomic mass is 16.7. The molecule has 6 nitrogen and oxygen atoms in total. The van der Waals surface area contributed by atoms with Crippen molar-refractivity contribution < 1.29 is 23.9 Å². The van der Waals surface area contributed by atoms with Gasteiger partial charge >= 0.3 is 0 Å². The number of amides is 1. The van der Waals surface area contributed by atoms with Gasteiger partial charge in [-0.15, -0.1) is 0 Å². The highest BCUT2D eigenvalue weighted by Crippen LogP contribution is 2.34. The number of anilines is 1. The van der Waals surface area contributed by atoms with Gasteiger partial charge in [0, 0.05) is 17.3 Å². The van der Waals surface area contributed by atoms with Gasteiger partial charge in [-0.1, -0.05) is 30.3 Å². The molecule has 130 valence electrons. The lowest BCUT2D eigenvalue weighted by Crippen LogP contribution is -3.15. The van der Waals surface area contributed by atoms with E-state index < -0.39 is 0 Å². The van der Waals surface area contributed by atoms with Crippen LogP contribution >= 0.6 is 0 Å². The van der Waals surface area contributed by atoms with E-state index in [-0.39, 0.29) is 18.7 Å². The quantitative estimate of drug-likeness (QED) is 0.871. The Morgan fingerprint density at radius 1 is 1.00 bits per heavy atom. The molecule has 2 aliphatic heterocycles. The summed E-state index contributed by atoms with van der Waals surface area (Å²) in [5.41, 5.74) is 1.72. The Bertz CT molecular complexity index is 744. The minimum absolute atomic E-state index is 0.0260. The molecule has 2 heterocycles. The first-order valence-electron chi connectivity index (χ1n) is 8.49. The van der Waals surface area contributed by atoms with E-state index >= 15 is 0 Å². The minimum Gasteiger partial charge on any atom is -0.454 e. The second kappa shape index (κ2) is 7.13. The predicted octanol–water partition coefficient (Wildman–Crippen LogP) is 1.01. The number of quaternary nitrogens is 1. The number of rotatable bonds is 4. The lowest BCUT2D eigenvalue weighted by molar-refractivity contribution is -0.929. The van der Waals surface area contributed by atoms with Crippen molar-refractivity contribution in [2.24, 2.45) is 0 Å². The molecule has 1 atom stereocenters. The van der Waals surface area contributed by atoms with Crippen molar-refractivity contribution in [2.45, 2.75) is 6.04 Å². The highest BCUT2D eigenvalue weighted by Gasteiger charge is 2.33. The zero-order valence-corrected chi connectivity index (χ0v) is 13.9. The van der Waals surface area contributed by atoms with E-state index in [1.54, 1.807) is 6.07 Å². The Morgan fingerprint density at radius 3 is 2.56 bits per heavy atom. The summed E-state index contributed by atoms with van der Waals surface area (Å²) >= 11 is 0. The van der Waals surface area contributed by atoms with Crippen LogP contribution in [0.3, 0.4) is 0 Å². The summed E-state index contributed by atoms with van der Waals surface area (Å²) in [6.07, 6.45) is 0. The lowest BCUT2D eigenvalue weighted by Gasteiger charge is -2.30. The molecule has 4 rings (SSSR count). The van der Waals surface area contributed by atoms with Gasteiger partial charge in [0.25, 0.3) is 5.91 Å². The maximum absolute atomic E-state index is 13.1. The number of benzene rings is 2. The van der Waals surface area contributed by atoms with Crippen LogP contribution in [0.5, 0.6) is 11.5 Å². The maximum atomic E-state index is 13.1. The Kier molecular flexibility index (Phi) is 4.54. The second-order valence-corrected chi connectivity index (χ2v) is 6.17. The Morgan fingerprint density at radius 2 is 1.76 bits per heavy atom. The van der Waals surface area contributed by atoms with Crippen LogP contribution in [-0.2, 0) is 9.53 Å². The number of nitrogens with one attached hydrogen (secondary N) is 2. The zero-order chi connectivity index (χ0) is 17.1. The van der Waals surface area contributed by atoms with Crippen molar-refractivity contribution >= 4 is 11.6 Å². The summed E-state index contributed by atoms with van der Waals surface area (Å²) in [6.45, 7) is 3.20. The maximum Gasteiger partial charge on any atom is 0.287 e. The first-order valence-corrected chi connectivity index (χ1v) is 8.49. The molecule has 2 aromatic carbocycles. The molecule has 25 heavy (non-hydrogen) atoms. The largest absolute Gasteiger partial charge is 0.454 e. The van der Waals surface area contributed by atoms with E-state index in [9.17, 15) is 4.79 Å². The molecule has 1 saturated heterocycles. The number of hydrogen-bond donors (Lipinski definition) is 2. The molecule has 1 unspecified atom stereocenters. The molecule has 6 heteroatoms. The molecule has 0 aromatic heterocycles. The second-order valence-electron chi connectivity index (χ2n) is 6.17. The number of carbonyl (C=O) groups excluding carboxylic acids is 1. The molecular formula is C19H21N2O4+. The molecule has 2 N–H and O–H groups in total. The SMILES string of the molecule is O=C(Nc1ccc2c(c1)OCO2)C(c1ccccc1)[NH+]1CCOCC1. The first-order chi connectivity index (χ1) is 12.3. The smallest absolute Gasteiger partial charge is 0.287 e. The molecule has 1 fully saturated rings. The van der Waals surface area contributed by atoms with Crippen molar-refractivity contribution in [1.29, 1.82) is 0 Å². The Labute approximate surface area is 146 Å². The predicted molar refractivity (Wildman–Crippen MR) is 91.9 cm³/mol. The van der Waals surface area contributed by atoms with Crippen LogP contribution in [0, 0.1) is 0 Å². The van der Waals surface area contributed by atoms with Crippen molar-refractivity contribution in [3.8, 4) is 11.5 Å². The number of fused-ring (bicyclic) bond motifs is 1. The lowest BCUT2D eigenvalue weighted by atomic mass is 10.0. The van der Waals surface area contributed by atoms with E-state index in [1.807, 2.05) is 42.5 Å². The monoisotopic (exact) mass is 341 g/mol. The molecule has 0 aliphatic carbocycles. The molecule has 2 aliphatic rings. The normalized spacial score (nSPS) is 17.9. The van der Waals surface area contributed by atoms with Crippen molar-refractivity contribution in [3.05, 3.63) is 54.1 Å². The van der Waals surface area contributed by atoms with Crippen LogP contribution in [0.15, 0.2) is 48.5 Å². The van der Waals surface area contributed by atoms with Gasteiger partial charge in [-0.25, -0.2) is 0 Å². The Hall–Kier alpha value is -2.57. The summed E-state index contributed by atoms with van der Waals surface area (Å²) in [5.74, 6) is 1.34. The van der Waals surface area contributed by atoms with Gasteiger partial charge in [0.05, 0.1) is 13.2 Å². The van der Waals surface area contributed by atoms with E-state index in [1.165, 1.54) is 4.90 Å². The Balaban J connectivity index is 1.57. The summed E-state index contributed by atoms with van der Waals surface area (Å²) in [7, 11) is 0. The summed E-state index contributed by atoms with van der Waals surface area (Å²) in [6, 6.07) is 15.1. The van der Waals surface area contributed by atoms with Crippen LogP contribution in [0.1, 0.15) is 11.6 Å². The number of morpholine rings is 1.